The molecular weight excluding hydrogens is 346 g/mol. The van der Waals surface area contributed by atoms with Gasteiger partial charge in [0.15, 0.2) is 5.82 Å². The minimum Gasteiger partial charge on any atom is -0.477 e. The quantitative estimate of drug-likeness (QED) is 0.598. The third-order valence-electron chi connectivity index (χ3n) is 4.23. The molecule has 4 heterocycles. The Bertz CT molecular complexity index is 1210. The number of aromatic carboxylic acids is 1. The molecule has 0 radical (unpaired) electrons. The van der Waals surface area contributed by atoms with Gasteiger partial charge in [0, 0.05) is 25.1 Å². The normalized spacial score (nSPS) is 11.0. The highest BCUT2D eigenvalue weighted by atomic mass is 16.4. The fourth-order valence-electron chi connectivity index (χ4n) is 2.88. The number of nitrogens with zero attached hydrogens (tertiary/aromatic N) is 5. The summed E-state index contributed by atoms with van der Waals surface area (Å²) < 4.78 is 3.29. The zero-order valence-electron chi connectivity index (χ0n) is 14.4. The highest BCUT2D eigenvalue weighted by Gasteiger charge is 2.16. The van der Waals surface area contributed by atoms with E-state index in [-0.39, 0.29) is 10.9 Å². The van der Waals surface area contributed by atoms with Crippen molar-refractivity contribution in [3.63, 3.8) is 0 Å². The summed E-state index contributed by atoms with van der Waals surface area (Å²) in [5.74, 6) is -0.566. The maximum atomic E-state index is 12.4. The Labute approximate surface area is 153 Å². The number of hydrogen-bond acceptors (Lipinski definition) is 5. The van der Waals surface area contributed by atoms with Gasteiger partial charge in [0.05, 0.1) is 11.1 Å². The predicted octanol–water partition coefficient (Wildman–Crippen LogP) is 2.36. The number of carboxylic acid groups (broad SMARTS) is 1. The fraction of sp³-hybridized carbons (Fsp3) is 0.105. The van der Waals surface area contributed by atoms with Crippen LogP contribution in [0, 0.1) is 0 Å². The van der Waals surface area contributed by atoms with Gasteiger partial charge in [-0.15, -0.1) is 0 Å². The first-order valence-corrected chi connectivity index (χ1v) is 8.33. The van der Waals surface area contributed by atoms with Crippen molar-refractivity contribution < 1.29 is 9.90 Å². The van der Waals surface area contributed by atoms with E-state index in [1.165, 1.54) is 6.20 Å². The number of aromatic nitrogens is 5. The Morgan fingerprint density at radius 3 is 2.70 bits per heavy atom. The zero-order chi connectivity index (χ0) is 19.0. The molecule has 0 atom stereocenters. The van der Waals surface area contributed by atoms with Crippen LogP contribution in [0.5, 0.6) is 0 Å². The van der Waals surface area contributed by atoms with E-state index in [0.717, 1.165) is 0 Å². The van der Waals surface area contributed by atoms with Crippen LogP contribution in [-0.4, -0.2) is 35.4 Å². The lowest BCUT2D eigenvalue weighted by molar-refractivity contribution is 0.0695. The first kappa shape index (κ1) is 16.6. The Morgan fingerprint density at radius 2 is 2.00 bits per heavy atom. The van der Waals surface area contributed by atoms with Crippen LogP contribution in [0.2, 0.25) is 0 Å². The molecule has 1 N–H and O–H groups in total. The van der Waals surface area contributed by atoms with E-state index < -0.39 is 11.4 Å². The summed E-state index contributed by atoms with van der Waals surface area (Å²) in [6.07, 6.45) is 4.80. The largest absolute Gasteiger partial charge is 0.477 e. The van der Waals surface area contributed by atoms with Gasteiger partial charge in [0.1, 0.15) is 16.9 Å². The predicted molar refractivity (Wildman–Crippen MR) is 99.0 cm³/mol. The fourth-order valence-corrected chi connectivity index (χ4v) is 2.88. The van der Waals surface area contributed by atoms with E-state index in [0.29, 0.717) is 29.4 Å². The molecular formula is C19H15N5O3. The van der Waals surface area contributed by atoms with Crippen LogP contribution in [0.3, 0.4) is 0 Å². The molecule has 4 aromatic heterocycles. The molecule has 134 valence electrons. The monoisotopic (exact) mass is 361 g/mol. The van der Waals surface area contributed by atoms with Gasteiger partial charge in [-0.2, -0.15) is 5.10 Å². The van der Waals surface area contributed by atoms with Crippen LogP contribution < -0.4 is 5.43 Å². The second-order valence-electron chi connectivity index (χ2n) is 5.86. The van der Waals surface area contributed by atoms with Crippen molar-refractivity contribution >= 4 is 17.0 Å². The topological polar surface area (TPSA) is 103 Å². The third kappa shape index (κ3) is 2.86. The molecule has 0 aromatic carbocycles. The number of rotatable bonds is 4. The minimum atomic E-state index is -1.25. The van der Waals surface area contributed by atoms with Gasteiger partial charge in [-0.05, 0) is 37.3 Å². The summed E-state index contributed by atoms with van der Waals surface area (Å²) in [4.78, 5) is 32.5. The Balaban J connectivity index is 1.85. The van der Waals surface area contributed by atoms with Crippen molar-refractivity contribution in [2.24, 2.45) is 0 Å². The smallest absolute Gasteiger partial charge is 0.341 e. The SMILES string of the molecule is CCn1cc(C(=O)O)c(=O)c2ccc(-c3ccn(-c4ccccn4)n3)nc21. The first-order valence-electron chi connectivity index (χ1n) is 8.33. The molecule has 0 amide bonds. The van der Waals surface area contributed by atoms with Crippen molar-refractivity contribution in [1.82, 2.24) is 24.3 Å². The molecule has 4 aromatic rings. The second-order valence-corrected chi connectivity index (χ2v) is 5.86. The Morgan fingerprint density at radius 1 is 1.15 bits per heavy atom. The molecule has 0 saturated carbocycles. The number of carbonyl (C=O) groups is 1. The third-order valence-corrected chi connectivity index (χ3v) is 4.23. The van der Waals surface area contributed by atoms with Gasteiger partial charge in [0.25, 0.3) is 0 Å². The molecule has 0 fully saturated rings. The van der Waals surface area contributed by atoms with E-state index in [1.54, 1.807) is 33.8 Å². The summed E-state index contributed by atoms with van der Waals surface area (Å²) in [6.45, 7) is 2.34. The molecule has 0 unspecified atom stereocenters. The van der Waals surface area contributed by atoms with Crippen molar-refractivity contribution in [3.05, 3.63) is 70.8 Å². The molecule has 0 aliphatic heterocycles. The molecule has 8 nitrogen and oxygen atoms in total. The number of fused-ring (bicyclic) bond motifs is 1. The van der Waals surface area contributed by atoms with E-state index in [2.05, 4.69) is 15.1 Å². The van der Waals surface area contributed by atoms with Crippen molar-refractivity contribution in [3.8, 4) is 17.2 Å². The van der Waals surface area contributed by atoms with Crippen LogP contribution in [0.25, 0.3) is 28.2 Å². The van der Waals surface area contributed by atoms with Crippen LogP contribution in [-0.2, 0) is 6.54 Å². The van der Waals surface area contributed by atoms with Crippen molar-refractivity contribution in [2.45, 2.75) is 13.5 Å². The average molecular weight is 361 g/mol. The van der Waals surface area contributed by atoms with Gasteiger partial charge in [-0.1, -0.05) is 6.07 Å². The van der Waals surface area contributed by atoms with E-state index >= 15 is 0 Å². The highest BCUT2D eigenvalue weighted by molar-refractivity contribution is 5.92. The Hall–Kier alpha value is -3.81. The maximum Gasteiger partial charge on any atom is 0.341 e. The lowest BCUT2D eigenvalue weighted by atomic mass is 10.1. The summed E-state index contributed by atoms with van der Waals surface area (Å²) in [6, 6.07) is 10.6. The van der Waals surface area contributed by atoms with Gasteiger partial charge in [-0.3, -0.25) is 4.79 Å². The summed E-state index contributed by atoms with van der Waals surface area (Å²) in [5.41, 5.74) is 0.831. The second kappa shape index (κ2) is 6.49. The number of hydrogen-bond donors (Lipinski definition) is 1. The van der Waals surface area contributed by atoms with Gasteiger partial charge in [0.2, 0.25) is 5.43 Å². The Kier molecular flexibility index (Phi) is 4.00. The average Bonchev–Trinajstić information content (AvgIpc) is 3.19. The van der Waals surface area contributed by atoms with Gasteiger partial charge in [-0.25, -0.2) is 19.4 Å². The molecule has 27 heavy (non-hydrogen) atoms. The summed E-state index contributed by atoms with van der Waals surface area (Å²) in [7, 11) is 0. The summed E-state index contributed by atoms with van der Waals surface area (Å²) in [5, 5.41) is 14.0. The minimum absolute atomic E-state index is 0.265. The lowest BCUT2D eigenvalue weighted by Crippen LogP contribution is -2.19. The van der Waals surface area contributed by atoms with Gasteiger partial charge >= 0.3 is 5.97 Å². The molecule has 4 rings (SSSR count). The van der Waals surface area contributed by atoms with Crippen LogP contribution in [0.1, 0.15) is 17.3 Å². The van der Waals surface area contributed by atoms with Crippen LogP contribution in [0.4, 0.5) is 0 Å². The number of carboxylic acids is 1. The van der Waals surface area contributed by atoms with E-state index in [4.69, 9.17) is 0 Å². The first-order chi connectivity index (χ1) is 13.1. The van der Waals surface area contributed by atoms with E-state index in [9.17, 15) is 14.7 Å². The molecule has 0 bridgehead atoms. The molecule has 0 saturated heterocycles. The maximum absolute atomic E-state index is 12.4. The highest BCUT2D eigenvalue weighted by Crippen LogP contribution is 2.19. The van der Waals surface area contributed by atoms with Crippen molar-refractivity contribution in [2.75, 3.05) is 0 Å². The van der Waals surface area contributed by atoms with Crippen LogP contribution >= 0.6 is 0 Å². The van der Waals surface area contributed by atoms with Gasteiger partial charge < -0.3 is 9.67 Å². The van der Waals surface area contributed by atoms with Crippen molar-refractivity contribution in [1.29, 1.82) is 0 Å². The zero-order valence-corrected chi connectivity index (χ0v) is 14.4. The molecule has 0 aliphatic rings. The molecule has 0 spiro atoms. The number of pyridine rings is 3. The standard InChI is InChI=1S/C19H15N5O3/c1-2-23-11-13(19(26)27)17(25)12-6-7-14(21-18(12)23)15-8-10-24(22-15)16-5-3-4-9-20-16/h3-11H,2H2,1H3,(H,26,27). The lowest BCUT2D eigenvalue weighted by Gasteiger charge is -2.10. The molecule has 8 heteroatoms. The molecule has 0 aliphatic carbocycles. The van der Waals surface area contributed by atoms with Crippen LogP contribution in [0.15, 0.2) is 59.8 Å². The number of aryl methyl sites for hydroxylation is 1. The summed E-state index contributed by atoms with van der Waals surface area (Å²) >= 11 is 0. The van der Waals surface area contributed by atoms with E-state index in [1.807, 2.05) is 31.2 Å².